The fraction of sp³-hybridized carbons (Fsp3) is 0.364. The Labute approximate surface area is 107 Å². The van der Waals surface area contributed by atoms with Gasteiger partial charge in [0.15, 0.2) is 0 Å². The number of nitrogens with two attached hydrogens (primary N) is 1. The number of anilines is 1. The highest BCUT2D eigenvalue weighted by atomic mass is 79.9. The molecule has 1 heterocycles. The van der Waals surface area contributed by atoms with Crippen molar-refractivity contribution in [3.8, 4) is 0 Å². The van der Waals surface area contributed by atoms with E-state index >= 15 is 0 Å². The van der Waals surface area contributed by atoms with Crippen molar-refractivity contribution in [1.29, 1.82) is 0 Å². The first-order valence-electron chi connectivity index (χ1n) is 5.19. The fourth-order valence-electron chi connectivity index (χ4n) is 1.78. The molecule has 17 heavy (non-hydrogen) atoms. The number of hydrogen-bond donors (Lipinski definition) is 3. The number of aliphatic hydroxyl groups is 2. The maximum absolute atomic E-state index is 12.0. The second-order valence-electron chi connectivity index (χ2n) is 4.08. The number of nitrogen functional groups attached to an aromatic ring is 1. The normalized spacial score (nSPS) is 24.1. The van der Waals surface area contributed by atoms with Gasteiger partial charge in [0.05, 0.1) is 12.2 Å². The van der Waals surface area contributed by atoms with E-state index in [1.54, 1.807) is 18.2 Å². The topological polar surface area (TPSA) is 86.8 Å². The molecule has 6 heteroatoms. The number of halogens is 1. The van der Waals surface area contributed by atoms with E-state index in [9.17, 15) is 15.0 Å². The van der Waals surface area contributed by atoms with Gasteiger partial charge in [0.1, 0.15) is 0 Å². The molecule has 1 amide bonds. The summed E-state index contributed by atoms with van der Waals surface area (Å²) in [6.07, 6.45) is -1.73. The van der Waals surface area contributed by atoms with Crippen LogP contribution in [0.1, 0.15) is 10.4 Å². The average Bonchev–Trinajstić information content (AvgIpc) is 2.62. The van der Waals surface area contributed by atoms with E-state index < -0.39 is 12.2 Å². The Morgan fingerprint density at radius 3 is 2.47 bits per heavy atom. The molecule has 0 unspecified atom stereocenters. The van der Waals surface area contributed by atoms with Crippen LogP contribution in [0.15, 0.2) is 22.7 Å². The van der Waals surface area contributed by atoms with Gasteiger partial charge in [0.2, 0.25) is 0 Å². The highest BCUT2D eigenvalue weighted by molar-refractivity contribution is 9.10. The first kappa shape index (κ1) is 12.3. The molecule has 1 aromatic rings. The first-order chi connectivity index (χ1) is 7.99. The van der Waals surface area contributed by atoms with E-state index in [1.165, 1.54) is 4.90 Å². The minimum Gasteiger partial charge on any atom is -0.398 e. The van der Waals surface area contributed by atoms with Gasteiger partial charge in [0, 0.05) is 28.8 Å². The van der Waals surface area contributed by atoms with Crippen LogP contribution >= 0.6 is 15.9 Å². The lowest BCUT2D eigenvalue weighted by molar-refractivity contribution is 0.0572. The van der Waals surface area contributed by atoms with Crippen LogP contribution in [0.5, 0.6) is 0 Å². The zero-order chi connectivity index (χ0) is 12.6. The Kier molecular flexibility index (Phi) is 3.37. The van der Waals surface area contributed by atoms with E-state index in [0.717, 1.165) is 0 Å². The number of benzene rings is 1. The molecule has 1 fully saturated rings. The maximum atomic E-state index is 12.0. The monoisotopic (exact) mass is 300 g/mol. The summed E-state index contributed by atoms with van der Waals surface area (Å²) in [5.41, 5.74) is 6.67. The molecule has 0 spiro atoms. The van der Waals surface area contributed by atoms with Gasteiger partial charge in [0.25, 0.3) is 5.91 Å². The highest BCUT2D eigenvalue weighted by Gasteiger charge is 2.32. The average molecular weight is 301 g/mol. The van der Waals surface area contributed by atoms with E-state index in [1.807, 2.05) is 0 Å². The third-order valence-electron chi connectivity index (χ3n) is 2.79. The third-order valence-corrected chi connectivity index (χ3v) is 3.48. The van der Waals surface area contributed by atoms with Crippen LogP contribution in [0.2, 0.25) is 0 Å². The molecule has 0 aromatic heterocycles. The lowest BCUT2D eigenvalue weighted by atomic mass is 10.2. The molecular weight excluding hydrogens is 288 g/mol. The van der Waals surface area contributed by atoms with E-state index in [4.69, 9.17) is 5.73 Å². The molecule has 4 N–H and O–H groups in total. The number of aliphatic hydroxyl groups excluding tert-OH is 2. The van der Waals surface area contributed by atoms with Crippen LogP contribution in [0.25, 0.3) is 0 Å². The molecule has 5 nitrogen and oxygen atoms in total. The number of carbonyl (C=O) groups excluding carboxylic acids is 1. The Morgan fingerprint density at radius 1 is 1.35 bits per heavy atom. The van der Waals surface area contributed by atoms with Gasteiger partial charge in [-0.15, -0.1) is 0 Å². The van der Waals surface area contributed by atoms with Crippen LogP contribution in [-0.2, 0) is 0 Å². The Bertz CT molecular complexity index is 442. The predicted octanol–water partition coefficient (Wildman–Crippen LogP) is 0.209. The molecule has 1 saturated heterocycles. The van der Waals surface area contributed by atoms with Gasteiger partial charge in [-0.3, -0.25) is 4.79 Å². The van der Waals surface area contributed by atoms with Crippen LogP contribution in [0.4, 0.5) is 5.69 Å². The number of amides is 1. The van der Waals surface area contributed by atoms with Crippen molar-refractivity contribution in [1.82, 2.24) is 4.90 Å². The van der Waals surface area contributed by atoms with Crippen molar-refractivity contribution >= 4 is 27.5 Å². The zero-order valence-corrected chi connectivity index (χ0v) is 10.6. The molecule has 0 bridgehead atoms. The highest BCUT2D eigenvalue weighted by Crippen LogP contribution is 2.22. The Balaban J connectivity index is 2.17. The molecule has 1 aliphatic heterocycles. The predicted molar refractivity (Wildman–Crippen MR) is 66.5 cm³/mol. The SMILES string of the molecule is Nc1ccc(C(=O)N2C[C@@H](O)[C@@H](O)C2)cc1Br. The van der Waals surface area contributed by atoms with Crippen LogP contribution in [0.3, 0.4) is 0 Å². The van der Waals surface area contributed by atoms with Gasteiger partial charge < -0.3 is 20.8 Å². The van der Waals surface area contributed by atoms with Gasteiger partial charge in [-0.2, -0.15) is 0 Å². The van der Waals surface area contributed by atoms with E-state index in [2.05, 4.69) is 15.9 Å². The molecule has 0 saturated carbocycles. The number of β-amino-alcohol motifs (C(OH)–C–C–N with tert-alkyl or cyclic N) is 2. The summed E-state index contributed by atoms with van der Waals surface area (Å²) in [4.78, 5) is 13.5. The van der Waals surface area contributed by atoms with Crippen LogP contribution in [-0.4, -0.2) is 46.3 Å². The Hall–Kier alpha value is -1.11. The van der Waals surface area contributed by atoms with Crippen molar-refractivity contribution in [3.63, 3.8) is 0 Å². The summed E-state index contributed by atoms with van der Waals surface area (Å²) in [5.74, 6) is -0.221. The van der Waals surface area contributed by atoms with Crippen molar-refractivity contribution in [2.24, 2.45) is 0 Å². The molecule has 0 aliphatic carbocycles. The number of nitrogens with zero attached hydrogens (tertiary/aromatic N) is 1. The molecule has 1 aliphatic rings. The third kappa shape index (κ3) is 2.43. The number of likely N-dealkylation sites (tertiary alicyclic amines) is 1. The summed E-state index contributed by atoms with van der Waals surface area (Å²) < 4.78 is 0.656. The van der Waals surface area contributed by atoms with Crippen molar-refractivity contribution in [2.45, 2.75) is 12.2 Å². The lowest BCUT2D eigenvalue weighted by Crippen LogP contribution is -2.29. The number of hydrogen-bond acceptors (Lipinski definition) is 4. The quantitative estimate of drug-likeness (QED) is 0.647. The van der Waals surface area contributed by atoms with Gasteiger partial charge in [-0.05, 0) is 34.1 Å². The summed E-state index contributed by atoms with van der Waals surface area (Å²) >= 11 is 3.25. The molecule has 92 valence electrons. The maximum Gasteiger partial charge on any atom is 0.254 e. The standard InChI is InChI=1S/C11H13BrN2O3/c12-7-3-6(1-2-8(7)13)11(17)14-4-9(15)10(16)5-14/h1-3,9-10,15-16H,4-5,13H2/t9-,10+. The number of carbonyl (C=O) groups is 1. The van der Waals surface area contributed by atoms with Gasteiger partial charge >= 0.3 is 0 Å². The van der Waals surface area contributed by atoms with Crippen LogP contribution < -0.4 is 5.73 Å². The van der Waals surface area contributed by atoms with Gasteiger partial charge in [-0.25, -0.2) is 0 Å². The Morgan fingerprint density at radius 2 is 1.94 bits per heavy atom. The van der Waals surface area contributed by atoms with E-state index in [0.29, 0.717) is 15.7 Å². The van der Waals surface area contributed by atoms with E-state index in [-0.39, 0.29) is 19.0 Å². The second kappa shape index (κ2) is 4.64. The molecule has 0 radical (unpaired) electrons. The number of rotatable bonds is 1. The fourth-order valence-corrected chi connectivity index (χ4v) is 2.16. The smallest absolute Gasteiger partial charge is 0.254 e. The van der Waals surface area contributed by atoms with Crippen molar-refractivity contribution in [2.75, 3.05) is 18.8 Å². The lowest BCUT2D eigenvalue weighted by Gasteiger charge is -2.15. The summed E-state index contributed by atoms with van der Waals surface area (Å²) in [6, 6.07) is 4.90. The second-order valence-corrected chi connectivity index (χ2v) is 4.94. The summed E-state index contributed by atoms with van der Waals surface area (Å²) in [5, 5.41) is 18.8. The van der Waals surface area contributed by atoms with Crippen molar-refractivity contribution < 1.29 is 15.0 Å². The minimum atomic E-state index is -0.865. The minimum absolute atomic E-state index is 0.155. The first-order valence-corrected chi connectivity index (χ1v) is 5.99. The largest absolute Gasteiger partial charge is 0.398 e. The summed E-state index contributed by atoms with van der Waals surface area (Å²) in [7, 11) is 0. The van der Waals surface area contributed by atoms with Crippen molar-refractivity contribution in [3.05, 3.63) is 28.2 Å². The molecule has 2 atom stereocenters. The molecule has 2 rings (SSSR count). The van der Waals surface area contributed by atoms with Gasteiger partial charge in [-0.1, -0.05) is 0 Å². The molecule has 1 aromatic carbocycles. The van der Waals surface area contributed by atoms with Crippen LogP contribution in [0, 0.1) is 0 Å². The summed E-state index contributed by atoms with van der Waals surface area (Å²) in [6.45, 7) is 0.310. The zero-order valence-electron chi connectivity index (χ0n) is 9.01. The molecular formula is C11H13BrN2O3.